The van der Waals surface area contributed by atoms with Crippen LogP contribution in [0.15, 0.2) is 36.5 Å². The second-order valence-electron chi connectivity index (χ2n) is 8.83. The van der Waals surface area contributed by atoms with E-state index in [0.29, 0.717) is 17.5 Å². The van der Waals surface area contributed by atoms with Gasteiger partial charge in [-0.25, -0.2) is 9.78 Å². The van der Waals surface area contributed by atoms with Gasteiger partial charge < -0.3 is 4.74 Å². The van der Waals surface area contributed by atoms with Crippen molar-refractivity contribution in [2.24, 2.45) is 0 Å². The molecule has 1 aliphatic heterocycles. The molecule has 1 N–H and O–H groups in total. The zero-order valence-corrected chi connectivity index (χ0v) is 18.8. The first-order valence-electron chi connectivity index (χ1n) is 10.5. The molecule has 31 heavy (non-hydrogen) atoms. The second kappa shape index (κ2) is 8.80. The van der Waals surface area contributed by atoms with E-state index in [-0.39, 0.29) is 5.92 Å². The molecule has 0 spiro atoms. The summed E-state index contributed by atoms with van der Waals surface area (Å²) in [6, 6.07) is 9.57. The molecule has 9 heteroatoms. The summed E-state index contributed by atoms with van der Waals surface area (Å²) in [5.74, 6) is 1.70. The van der Waals surface area contributed by atoms with Gasteiger partial charge in [0.2, 0.25) is 0 Å². The number of hydrogen-bond acceptors (Lipinski definition) is 6. The molecule has 8 nitrogen and oxygen atoms in total. The number of aromatic nitrogens is 4. The number of pyridine rings is 2. The zero-order chi connectivity index (χ0) is 22.0. The number of ether oxygens (including phenoxy) is 1. The van der Waals surface area contributed by atoms with Gasteiger partial charge >= 0.3 is 6.09 Å². The Labute approximate surface area is 186 Å². The van der Waals surface area contributed by atoms with Crippen molar-refractivity contribution in [1.29, 1.82) is 0 Å². The Morgan fingerprint density at radius 1 is 1.26 bits per heavy atom. The summed E-state index contributed by atoms with van der Waals surface area (Å²) < 4.78 is 7.43. The number of rotatable bonds is 4. The molecule has 164 valence electrons. The van der Waals surface area contributed by atoms with Crippen LogP contribution in [0.1, 0.15) is 50.9 Å². The van der Waals surface area contributed by atoms with Crippen LogP contribution < -0.4 is 5.32 Å². The molecule has 0 aromatic carbocycles. The van der Waals surface area contributed by atoms with Crippen LogP contribution in [-0.2, 0) is 11.3 Å². The Kier molecular flexibility index (Phi) is 6.11. The molecule has 0 saturated carbocycles. The predicted octanol–water partition coefficient (Wildman–Crippen LogP) is 4.50. The van der Waals surface area contributed by atoms with Gasteiger partial charge in [-0.05, 0) is 58.4 Å². The second-order valence-corrected chi connectivity index (χ2v) is 9.22. The van der Waals surface area contributed by atoms with E-state index in [1.807, 2.05) is 51.2 Å². The number of anilines is 1. The molecule has 0 bridgehead atoms. The number of carbonyl (C=O) groups is 1. The van der Waals surface area contributed by atoms with Gasteiger partial charge in [0.15, 0.2) is 5.65 Å². The maximum absolute atomic E-state index is 12.3. The van der Waals surface area contributed by atoms with Crippen molar-refractivity contribution in [3.63, 3.8) is 0 Å². The maximum atomic E-state index is 12.3. The highest BCUT2D eigenvalue weighted by Crippen LogP contribution is 2.28. The largest absolute Gasteiger partial charge is 0.444 e. The lowest BCUT2D eigenvalue weighted by molar-refractivity contribution is 0.0635. The molecule has 1 unspecified atom stereocenters. The van der Waals surface area contributed by atoms with Gasteiger partial charge in [-0.1, -0.05) is 23.7 Å². The summed E-state index contributed by atoms with van der Waals surface area (Å²) in [6.07, 6.45) is 3.58. The summed E-state index contributed by atoms with van der Waals surface area (Å²) >= 11 is 6.09. The third kappa shape index (κ3) is 5.32. The van der Waals surface area contributed by atoms with E-state index in [1.54, 1.807) is 6.07 Å². The van der Waals surface area contributed by atoms with Crippen molar-refractivity contribution in [3.05, 3.63) is 53.1 Å². The highest BCUT2D eigenvalue weighted by molar-refractivity contribution is 6.29. The van der Waals surface area contributed by atoms with Crippen LogP contribution in [0.25, 0.3) is 5.65 Å². The number of hydrogen-bond donors (Lipinski definition) is 1. The standard InChI is InChI=1S/C22H27ClN6O2/c1-22(2,3)31-21(30)25-19-15(9-10-17(23)24-19)13-28-11-6-7-16(14-28)20-27-26-18-8-4-5-12-29(18)20/h4-5,8-10,12,16H,6-7,11,13-14H2,1-3H3,(H,24,25,30). The smallest absolute Gasteiger partial charge is 0.413 e. The Morgan fingerprint density at radius 3 is 2.90 bits per heavy atom. The molecular formula is C22H27ClN6O2. The fourth-order valence-electron chi connectivity index (χ4n) is 3.89. The van der Waals surface area contributed by atoms with Gasteiger partial charge in [0.05, 0.1) is 0 Å². The number of amides is 1. The first kappa shape index (κ1) is 21.5. The number of nitrogens with one attached hydrogen (secondary N) is 1. The Balaban J connectivity index is 1.49. The molecule has 0 radical (unpaired) electrons. The van der Waals surface area contributed by atoms with E-state index in [0.717, 1.165) is 43.0 Å². The summed E-state index contributed by atoms with van der Waals surface area (Å²) in [6.45, 7) is 7.91. The zero-order valence-electron chi connectivity index (χ0n) is 18.0. The lowest BCUT2D eigenvalue weighted by Crippen LogP contribution is -2.35. The van der Waals surface area contributed by atoms with Gasteiger partial charge in [0, 0.05) is 30.8 Å². The third-order valence-electron chi connectivity index (χ3n) is 5.17. The van der Waals surface area contributed by atoms with Crippen LogP contribution >= 0.6 is 11.6 Å². The van der Waals surface area contributed by atoms with Crippen LogP contribution in [0.4, 0.5) is 10.6 Å². The predicted molar refractivity (Wildman–Crippen MR) is 119 cm³/mol. The number of piperidine rings is 1. The summed E-state index contributed by atoms with van der Waals surface area (Å²) in [7, 11) is 0. The van der Waals surface area contributed by atoms with E-state index in [9.17, 15) is 4.79 Å². The topological polar surface area (TPSA) is 84.6 Å². The van der Waals surface area contributed by atoms with E-state index in [4.69, 9.17) is 16.3 Å². The lowest BCUT2D eigenvalue weighted by Gasteiger charge is -2.32. The van der Waals surface area contributed by atoms with Crippen molar-refractivity contribution in [3.8, 4) is 0 Å². The monoisotopic (exact) mass is 442 g/mol. The average molecular weight is 443 g/mol. The van der Waals surface area contributed by atoms with Crippen molar-refractivity contribution in [2.75, 3.05) is 18.4 Å². The summed E-state index contributed by atoms with van der Waals surface area (Å²) in [5, 5.41) is 11.8. The first-order chi connectivity index (χ1) is 14.8. The number of likely N-dealkylation sites (tertiary alicyclic amines) is 1. The van der Waals surface area contributed by atoms with Gasteiger partial charge in [0.25, 0.3) is 0 Å². The average Bonchev–Trinajstić information content (AvgIpc) is 3.13. The van der Waals surface area contributed by atoms with Crippen LogP contribution in [0.2, 0.25) is 5.15 Å². The fourth-order valence-corrected chi connectivity index (χ4v) is 4.04. The molecule has 0 aliphatic carbocycles. The highest BCUT2D eigenvalue weighted by atomic mass is 35.5. The van der Waals surface area contributed by atoms with E-state index in [2.05, 4.69) is 29.8 Å². The minimum Gasteiger partial charge on any atom is -0.444 e. The van der Waals surface area contributed by atoms with Crippen molar-refractivity contribution >= 4 is 29.2 Å². The Morgan fingerprint density at radius 2 is 2.10 bits per heavy atom. The quantitative estimate of drug-likeness (QED) is 0.598. The number of nitrogens with zero attached hydrogens (tertiary/aromatic N) is 5. The Bertz CT molecular complexity index is 1080. The highest BCUT2D eigenvalue weighted by Gasteiger charge is 2.26. The van der Waals surface area contributed by atoms with Crippen LogP contribution in [-0.4, -0.2) is 49.3 Å². The van der Waals surface area contributed by atoms with Gasteiger partial charge in [0.1, 0.15) is 22.4 Å². The van der Waals surface area contributed by atoms with Gasteiger partial charge in [-0.15, -0.1) is 10.2 Å². The van der Waals surface area contributed by atoms with Crippen LogP contribution in [0.3, 0.4) is 0 Å². The van der Waals surface area contributed by atoms with Gasteiger partial charge in [-0.3, -0.25) is 14.6 Å². The molecule has 1 amide bonds. The van der Waals surface area contributed by atoms with E-state index >= 15 is 0 Å². The number of carbonyl (C=O) groups excluding carboxylic acids is 1. The van der Waals surface area contributed by atoms with Crippen LogP contribution in [0.5, 0.6) is 0 Å². The normalized spacial score (nSPS) is 17.6. The third-order valence-corrected chi connectivity index (χ3v) is 5.38. The van der Waals surface area contributed by atoms with Crippen LogP contribution in [0, 0.1) is 0 Å². The fraction of sp³-hybridized carbons (Fsp3) is 0.455. The molecule has 1 aliphatic rings. The maximum Gasteiger partial charge on any atom is 0.413 e. The van der Waals surface area contributed by atoms with E-state index in [1.165, 1.54) is 0 Å². The molecular weight excluding hydrogens is 416 g/mol. The molecule has 3 aromatic rings. The molecule has 3 aromatic heterocycles. The summed E-state index contributed by atoms with van der Waals surface area (Å²) in [5.41, 5.74) is 1.16. The minimum absolute atomic E-state index is 0.286. The number of halogens is 1. The van der Waals surface area contributed by atoms with Crippen molar-refractivity contribution < 1.29 is 9.53 Å². The van der Waals surface area contributed by atoms with Gasteiger partial charge in [-0.2, -0.15) is 0 Å². The van der Waals surface area contributed by atoms with Crippen molar-refractivity contribution in [2.45, 2.75) is 51.7 Å². The number of fused-ring (bicyclic) bond motifs is 1. The Hall–Kier alpha value is -2.71. The van der Waals surface area contributed by atoms with E-state index < -0.39 is 11.7 Å². The SMILES string of the molecule is CC(C)(C)OC(=O)Nc1nc(Cl)ccc1CN1CCCC(c2nnc3ccccn23)C1. The molecule has 1 atom stereocenters. The first-order valence-corrected chi connectivity index (χ1v) is 10.8. The summed E-state index contributed by atoms with van der Waals surface area (Å²) in [4.78, 5) is 18.9. The molecule has 1 saturated heterocycles. The lowest BCUT2D eigenvalue weighted by atomic mass is 9.96. The molecule has 1 fully saturated rings. The molecule has 4 rings (SSSR count). The molecule has 4 heterocycles. The minimum atomic E-state index is -0.593. The van der Waals surface area contributed by atoms with Crippen molar-refractivity contribution in [1.82, 2.24) is 24.5 Å².